The van der Waals surface area contributed by atoms with Crippen LogP contribution in [0, 0.1) is 0 Å². The standard InChI is InChI=1S/C21H21NO3/c1-25-20-13-15(7-10-19(20)23)8-11-21(24)22-14-16-6-9-17-4-2-3-5-18(17)12-16/h2-7,9-10,12-13,23H,8,11,14H2,1H3,(H,22,24). The minimum absolute atomic E-state index is 0.000186. The van der Waals surface area contributed by atoms with Gasteiger partial charge in [-0.15, -0.1) is 0 Å². The zero-order chi connectivity index (χ0) is 17.6. The number of hydrogen-bond acceptors (Lipinski definition) is 3. The number of phenolic OH excluding ortho intramolecular Hbond substituents is 1. The fourth-order valence-corrected chi connectivity index (χ4v) is 2.77. The van der Waals surface area contributed by atoms with Gasteiger partial charge >= 0.3 is 0 Å². The fourth-order valence-electron chi connectivity index (χ4n) is 2.77. The van der Waals surface area contributed by atoms with Crippen molar-refractivity contribution in [1.29, 1.82) is 0 Å². The van der Waals surface area contributed by atoms with Gasteiger partial charge in [-0.2, -0.15) is 0 Å². The summed E-state index contributed by atoms with van der Waals surface area (Å²) >= 11 is 0. The Kier molecular flexibility index (Phi) is 5.19. The summed E-state index contributed by atoms with van der Waals surface area (Å²) in [6, 6.07) is 19.5. The minimum Gasteiger partial charge on any atom is -0.504 e. The molecule has 3 aromatic carbocycles. The molecule has 0 aromatic heterocycles. The number of benzene rings is 3. The van der Waals surface area contributed by atoms with Crippen LogP contribution in [0.4, 0.5) is 0 Å². The molecule has 0 fully saturated rings. The molecule has 4 heteroatoms. The van der Waals surface area contributed by atoms with E-state index in [1.807, 2.05) is 18.2 Å². The Morgan fingerprint density at radius 2 is 1.76 bits per heavy atom. The van der Waals surface area contributed by atoms with Crippen molar-refractivity contribution in [1.82, 2.24) is 5.32 Å². The summed E-state index contributed by atoms with van der Waals surface area (Å²) < 4.78 is 5.08. The van der Waals surface area contributed by atoms with Crippen molar-refractivity contribution in [2.75, 3.05) is 7.11 Å². The molecule has 1 amide bonds. The Hall–Kier alpha value is -3.01. The Morgan fingerprint density at radius 3 is 2.56 bits per heavy atom. The van der Waals surface area contributed by atoms with Gasteiger partial charge in [0.15, 0.2) is 11.5 Å². The van der Waals surface area contributed by atoms with E-state index >= 15 is 0 Å². The molecule has 0 unspecified atom stereocenters. The molecule has 0 saturated carbocycles. The second-order valence-corrected chi connectivity index (χ2v) is 5.96. The SMILES string of the molecule is COc1cc(CCC(=O)NCc2ccc3ccccc3c2)ccc1O. The van der Waals surface area contributed by atoms with Gasteiger partial charge in [0.25, 0.3) is 0 Å². The van der Waals surface area contributed by atoms with Crippen LogP contribution < -0.4 is 10.1 Å². The maximum Gasteiger partial charge on any atom is 0.220 e. The fraction of sp³-hybridized carbons (Fsp3) is 0.190. The lowest BCUT2D eigenvalue weighted by molar-refractivity contribution is -0.121. The van der Waals surface area contributed by atoms with Gasteiger partial charge in [-0.3, -0.25) is 4.79 Å². The van der Waals surface area contributed by atoms with Crippen LogP contribution in [0.15, 0.2) is 60.7 Å². The lowest BCUT2D eigenvalue weighted by atomic mass is 10.1. The summed E-state index contributed by atoms with van der Waals surface area (Å²) in [5, 5.41) is 14.9. The highest BCUT2D eigenvalue weighted by Crippen LogP contribution is 2.26. The van der Waals surface area contributed by atoms with Gasteiger partial charge in [-0.05, 0) is 46.5 Å². The normalized spacial score (nSPS) is 10.6. The van der Waals surface area contributed by atoms with Gasteiger partial charge in [0.1, 0.15) is 0 Å². The Bertz CT molecular complexity index is 889. The van der Waals surface area contributed by atoms with E-state index < -0.39 is 0 Å². The molecule has 3 rings (SSSR count). The second-order valence-electron chi connectivity index (χ2n) is 5.96. The van der Waals surface area contributed by atoms with Gasteiger partial charge in [0, 0.05) is 13.0 Å². The van der Waals surface area contributed by atoms with E-state index in [-0.39, 0.29) is 11.7 Å². The van der Waals surface area contributed by atoms with Crippen molar-refractivity contribution in [2.24, 2.45) is 0 Å². The predicted octanol–water partition coefficient (Wildman–Crippen LogP) is 3.80. The van der Waals surface area contributed by atoms with E-state index in [1.54, 1.807) is 18.2 Å². The number of nitrogens with one attached hydrogen (secondary N) is 1. The number of rotatable bonds is 6. The first kappa shape index (κ1) is 16.8. The molecule has 0 saturated heterocycles. The van der Waals surface area contributed by atoms with Crippen LogP contribution in [0.25, 0.3) is 10.8 Å². The number of carbonyl (C=O) groups is 1. The molecule has 0 bridgehead atoms. The molecule has 0 radical (unpaired) electrons. The highest BCUT2D eigenvalue weighted by Gasteiger charge is 2.06. The number of methoxy groups -OCH3 is 1. The number of fused-ring (bicyclic) bond motifs is 1. The Morgan fingerprint density at radius 1 is 1.00 bits per heavy atom. The van der Waals surface area contributed by atoms with Crippen molar-refractivity contribution >= 4 is 16.7 Å². The third-order valence-corrected chi connectivity index (χ3v) is 4.19. The highest BCUT2D eigenvalue weighted by molar-refractivity contribution is 5.83. The van der Waals surface area contributed by atoms with Gasteiger partial charge < -0.3 is 15.2 Å². The van der Waals surface area contributed by atoms with Crippen molar-refractivity contribution in [3.8, 4) is 11.5 Å². The minimum atomic E-state index is 0.000186. The first-order chi connectivity index (χ1) is 12.2. The molecule has 0 aliphatic carbocycles. The highest BCUT2D eigenvalue weighted by atomic mass is 16.5. The maximum atomic E-state index is 12.1. The zero-order valence-electron chi connectivity index (χ0n) is 14.2. The van der Waals surface area contributed by atoms with E-state index in [1.165, 1.54) is 17.9 Å². The third-order valence-electron chi connectivity index (χ3n) is 4.19. The van der Waals surface area contributed by atoms with Crippen LogP contribution in [0.3, 0.4) is 0 Å². The molecule has 0 aliphatic heterocycles. The molecule has 4 nitrogen and oxygen atoms in total. The topological polar surface area (TPSA) is 58.6 Å². The number of carbonyl (C=O) groups excluding carboxylic acids is 1. The van der Waals surface area contributed by atoms with E-state index in [0.29, 0.717) is 25.1 Å². The first-order valence-electron chi connectivity index (χ1n) is 8.26. The van der Waals surface area contributed by atoms with E-state index in [0.717, 1.165) is 11.1 Å². The average Bonchev–Trinajstić information content (AvgIpc) is 2.65. The Balaban J connectivity index is 1.53. The summed E-state index contributed by atoms with van der Waals surface area (Å²) in [6.45, 7) is 0.516. The quantitative estimate of drug-likeness (QED) is 0.720. The van der Waals surface area contributed by atoms with Gasteiger partial charge in [-0.25, -0.2) is 0 Å². The molecule has 0 atom stereocenters. The number of hydrogen-bond donors (Lipinski definition) is 2. The lowest BCUT2D eigenvalue weighted by Crippen LogP contribution is -2.22. The summed E-state index contributed by atoms with van der Waals surface area (Å²) in [4.78, 5) is 12.1. The van der Waals surface area contributed by atoms with Crippen molar-refractivity contribution in [3.63, 3.8) is 0 Å². The predicted molar refractivity (Wildman–Crippen MR) is 98.8 cm³/mol. The third kappa shape index (κ3) is 4.29. The van der Waals surface area contributed by atoms with E-state index in [2.05, 4.69) is 29.6 Å². The largest absolute Gasteiger partial charge is 0.504 e. The molecular weight excluding hydrogens is 314 g/mol. The molecule has 0 heterocycles. The molecule has 0 spiro atoms. The average molecular weight is 335 g/mol. The van der Waals surface area contributed by atoms with Crippen LogP contribution in [0.2, 0.25) is 0 Å². The van der Waals surface area contributed by atoms with Gasteiger partial charge in [0.2, 0.25) is 5.91 Å². The van der Waals surface area contributed by atoms with Gasteiger partial charge in [-0.1, -0.05) is 42.5 Å². The van der Waals surface area contributed by atoms with E-state index in [4.69, 9.17) is 4.74 Å². The van der Waals surface area contributed by atoms with Gasteiger partial charge in [0.05, 0.1) is 7.11 Å². The van der Waals surface area contributed by atoms with Crippen LogP contribution in [-0.4, -0.2) is 18.1 Å². The smallest absolute Gasteiger partial charge is 0.220 e. The van der Waals surface area contributed by atoms with Crippen molar-refractivity contribution < 1.29 is 14.6 Å². The number of amides is 1. The zero-order valence-corrected chi connectivity index (χ0v) is 14.2. The number of ether oxygens (including phenoxy) is 1. The van der Waals surface area contributed by atoms with E-state index in [9.17, 15) is 9.90 Å². The first-order valence-corrected chi connectivity index (χ1v) is 8.26. The van der Waals surface area contributed by atoms with Crippen molar-refractivity contribution in [3.05, 3.63) is 71.8 Å². The summed E-state index contributed by atoms with van der Waals surface area (Å²) in [5.74, 6) is 0.529. The summed E-state index contributed by atoms with van der Waals surface area (Å²) in [7, 11) is 1.51. The van der Waals surface area contributed by atoms with Crippen LogP contribution in [0.1, 0.15) is 17.5 Å². The second kappa shape index (κ2) is 7.71. The number of aromatic hydroxyl groups is 1. The Labute approximate surface area is 147 Å². The molecule has 0 aliphatic rings. The molecule has 2 N–H and O–H groups in total. The van der Waals surface area contributed by atoms with Crippen molar-refractivity contribution in [2.45, 2.75) is 19.4 Å². The lowest BCUT2D eigenvalue weighted by Gasteiger charge is -2.08. The molecular formula is C21H21NO3. The van der Waals surface area contributed by atoms with Crippen LogP contribution in [-0.2, 0) is 17.8 Å². The molecule has 128 valence electrons. The molecule has 3 aromatic rings. The maximum absolute atomic E-state index is 12.1. The monoisotopic (exact) mass is 335 g/mol. The molecule has 25 heavy (non-hydrogen) atoms. The summed E-state index contributed by atoms with van der Waals surface area (Å²) in [6.07, 6.45) is 0.988. The summed E-state index contributed by atoms with van der Waals surface area (Å²) in [5.41, 5.74) is 2.04. The number of aryl methyl sites for hydroxylation is 1. The van der Waals surface area contributed by atoms with Crippen LogP contribution >= 0.6 is 0 Å². The number of phenols is 1. The van der Waals surface area contributed by atoms with Crippen LogP contribution in [0.5, 0.6) is 11.5 Å².